The molecule has 0 spiro atoms. The third kappa shape index (κ3) is 5.71. The van der Waals surface area contributed by atoms with Crippen LogP contribution in [0.15, 0.2) is 96.7 Å². The fourth-order valence-electron chi connectivity index (χ4n) is 3.77. The molecule has 5 heteroatoms. The van der Waals surface area contributed by atoms with E-state index in [0.29, 0.717) is 24.4 Å². The Hall–Kier alpha value is -3.70. The first-order valence-electron chi connectivity index (χ1n) is 10.9. The summed E-state index contributed by atoms with van der Waals surface area (Å²) in [5.41, 5.74) is 2.95. The minimum atomic E-state index is -0.288. The summed E-state index contributed by atoms with van der Waals surface area (Å²) in [5.74, 6) is -0.443. The molecule has 2 amide bonds. The van der Waals surface area contributed by atoms with Gasteiger partial charge in [-0.1, -0.05) is 78.9 Å². The van der Waals surface area contributed by atoms with Crippen LogP contribution < -0.4 is 5.32 Å². The molecular weight excluding hydrogens is 398 g/mol. The minimum Gasteiger partial charge on any atom is -0.335 e. The van der Waals surface area contributed by atoms with Gasteiger partial charge in [0.15, 0.2) is 0 Å². The number of rotatable bonds is 6. The molecule has 0 atom stereocenters. The molecule has 1 N–H and O–H groups in total. The largest absolute Gasteiger partial charge is 0.335 e. The van der Waals surface area contributed by atoms with Crippen molar-refractivity contribution in [3.63, 3.8) is 0 Å². The molecule has 32 heavy (non-hydrogen) atoms. The zero-order valence-electron chi connectivity index (χ0n) is 18.0. The monoisotopic (exact) mass is 425 g/mol. The smallest absolute Gasteiger partial charge is 0.270 e. The van der Waals surface area contributed by atoms with Crippen LogP contribution in [0.1, 0.15) is 21.5 Å². The maximum Gasteiger partial charge on any atom is 0.270 e. The summed E-state index contributed by atoms with van der Waals surface area (Å²) in [6.45, 7) is 3.72. The molecule has 3 aromatic carbocycles. The van der Waals surface area contributed by atoms with Crippen LogP contribution in [0, 0.1) is 0 Å². The summed E-state index contributed by atoms with van der Waals surface area (Å²) in [6, 6.07) is 28.9. The van der Waals surface area contributed by atoms with Gasteiger partial charge in [-0.2, -0.15) is 0 Å². The molecule has 0 aromatic heterocycles. The Morgan fingerprint density at radius 3 is 1.94 bits per heavy atom. The molecule has 3 aromatic rings. The first-order valence-corrected chi connectivity index (χ1v) is 10.9. The third-order valence-corrected chi connectivity index (χ3v) is 5.53. The molecule has 0 bridgehead atoms. The lowest BCUT2D eigenvalue weighted by Crippen LogP contribution is -2.50. The van der Waals surface area contributed by atoms with Gasteiger partial charge in [-0.25, -0.2) is 0 Å². The fourth-order valence-corrected chi connectivity index (χ4v) is 3.77. The van der Waals surface area contributed by atoms with E-state index in [2.05, 4.69) is 22.3 Å². The molecule has 1 aliphatic heterocycles. The Morgan fingerprint density at radius 1 is 0.750 bits per heavy atom. The van der Waals surface area contributed by atoms with Crippen molar-refractivity contribution in [2.75, 3.05) is 26.2 Å². The van der Waals surface area contributed by atoms with Crippen LogP contribution in [-0.2, 0) is 11.3 Å². The SMILES string of the molecule is O=C(N/C(=C\c1ccccc1)C(=O)N1CCN(Cc2ccccc2)CC1)c1ccccc1. The number of carbonyl (C=O) groups excluding carboxylic acids is 2. The van der Waals surface area contributed by atoms with E-state index in [4.69, 9.17) is 0 Å². The highest BCUT2D eigenvalue weighted by Gasteiger charge is 2.25. The van der Waals surface area contributed by atoms with Crippen molar-refractivity contribution in [1.29, 1.82) is 0 Å². The molecular formula is C27H27N3O2. The van der Waals surface area contributed by atoms with E-state index in [1.165, 1.54) is 5.56 Å². The summed E-state index contributed by atoms with van der Waals surface area (Å²) in [4.78, 5) is 30.3. The van der Waals surface area contributed by atoms with Crippen molar-refractivity contribution in [1.82, 2.24) is 15.1 Å². The van der Waals surface area contributed by atoms with E-state index in [9.17, 15) is 9.59 Å². The van der Waals surface area contributed by atoms with E-state index < -0.39 is 0 Å². The van der Waals surface area contributed by atoms with Gasteiger partial charge in [-0.15, -0.1) is 0 Å². The molecule has 1 aliphatic rings. The Labute approximate surface area is 189 Å². The van der Waals surface area contributed by atoms with Crippen molar-refractivity contribution in [2.24, 2.45) is 0 Å². The Morgan fingerprint density at radius 2 is 1.31 bits per heavy atom. The Balaban J connectivity index is 1.45. The summed E-state index contributed by atoms with van der Waals surface area (Å²) < 4.78 is 0. The van der Waals surface area contributed by atoms with E-state index in [1.54, 1.807) is 18.2 Å². The maximum atomic E-state index is 13.4. The van der Waals surface area contributed by atoms with Gasteiger partial charge in [-0.3, -0.25) is 14.5 Å². The first kappa shape index (κ1) is 21.5. The predicted molar refractivity (Wildman–Crippen MR) is 127 cm³/mol. The van der Waals surface area contributed by atoms with Gasteiger partial charge >= 0.3 is 0 Å². The molecule has 5 nitrogen and oxygen atoms in total. The molecule has 1 heterocycles. The number of hydrogen-bond donors (Lipinski definition) is 1. The van der Waals surface area contributed by atoms with Crippen LogP contribution in [0.4, 0.5) is 0 Å². The van der Waals surface area contributed by atoms with Gasteiger partial charge in [0.1, 0.15) is 5.70 Å². The van der Waals surface area contributed by atoms with Gasteiger partial charge in [-0.05, 0) is 29.3 Å². The van der Waals surface area contributed by atoms with Crippen molar-refractivity contribution in [3.05, 3.63) is 113 Å². The van der Waals surface area contributed by atoms with Crippen LogP contribution in [0.2, 0.25) is 0 Å². The van der Waals surface area contributed by atoms with Gasteiger partial charge < -0.3 is 10.2 Å². The molecule has 1 fully saturated rings. The van der Waals surface area contributed by atoms with Gasteiger partial charge in [0.2, 0.25) is 0 Å². The van der Waals surface area contributed by atoms with E-state index in [1.807, 2.05) is 71.6 Å². The second-order valence-electron chi connectivity index (χ2n) is 7.84. The highest BCUT2D eigenvalue weighted by Crippen LogP contribution is 2.13. The maximum absolute atomic E-state index is 13.4. The molecule has 162 valence electrons. The van der Waals surface area contributed by atoms with Gasteiger partial charge in [0.25, 0.3) is 11.8 Å². The van der Waals surface area contributed by atoms with E-state index >= 15 is 0 Å². The molecule has 0 unspecified atom stereocenters. The van der Waals surface area contributed by atoms with Crippen molar-refractivity contribution in [3.8, 4) is 0 Å². The molecule has 0 radical (unpaired) electrons. The second-order valence-corrected chi connectivity index (χ2v) is 7.84. The quantitative estimate of drug-likeness (QED) is 0.611. The number of benzene rings is 3. The third-order valence-electron chi connectivity index (χ3n) is 5.53. The molecule has 0 saturated carbocycles. The average Bonchev–Trinajstić information content (AvgIpc) is 2.85. The minimum absolute atomic E-state index is 0.155. The van der Waals surface area contributed by atoms with E-state index in [0.717, 1.165) is 25.2 Å². The number of piperazine rings is 1. The summed E-state index contributed by atoms with van der Waals surface area (Å²) in [6.07, 6.45) is 1.75. The molecule has 4 rings (SSSR count). The number of hydrogen-bond acceptors (Lipinski definition) is 3. The summed E-state index contributed by atoms with van der Waals surface area (Å²) >= 11 is 0. The summed E-state index contributed by atoms with van der Waals surface area (Å²) in [7, 11) is 0. The standard InChI is InChI=1S/C27H27N3O2/c31-26(24-14-8-3-9-15-24)28-25(20-22-10-4-1-5-11-22)27(32)30-18-16-29(17-19-30)21-23-12-6-2-7-13-23/h1-15,20H,16-19,21H2,(H,28,31)/b25-20-. The van der Waals surface area contributed by atoms with Crippen LogP contribution in [0.25, 0.3) is 6.08 Å². The number of nitrogens with one attached hydrogen (secondary N) is 1. The highest BCUT2D eigenvalue weighted by molar-refractivity contribution is 6.05. The van der Waals surface area contributed by atoms with Crippen LogP contribution >= 0.6 is 0 Å². The second kappa shape index (κ2) is 10.6. The topological polar surface area (TPSA) is 52.7 Å². The fraction of sp³-hybridized carbons (Fsp3) is 0.185. The summed E-state index contributed by atoms with van der Waals surface area (Å²) in [5, 5.41) is 2.85. The van der Waals surface area contributed by atoms with Gasteiger partial charge in [0, 0.05) is 38.3 Å². The lowest BCUT2D eigenvalue weighted by atomic mass is 10.1. The Kier molecular flexibility index (Phi) is 7.10. The van der Waals surface area contributed by atoms with Crippen molar-refractivity contribution < 1.29 is 9.59 Å². The van der Waals surface area contributed by atoms with Gasteiger partial charge in [0.05, 0.1) is 0 Å². The first-order chi connectivity index (χ1) is 15.7. The number of carbonyl (C=O) groups is 2. The van der Waals surface area contributed by atoms with Crippen LogP contribution in [-0.4, -0.2) is 47.8 Å². The lowest BCUT2D eigenvalue weighted by Gasteiger charge is -2.35. The van der Waals surface area contributed by atoms with E-state index in [-0.39, 0.29) is 11.8 Å². The van der Waals surface area contributed by atoms with Crippen molar-refractivity contribution in [2.45, 2.75) is 6.54 Å². The predicted octanol–water partition coefficient (Wildman–Crippen LogP) is 3.80. The van der Waals surface area contributed by atoms with Crippen LogP contribution in [0.3, 0.4) is 0 Å². The highest BCUT2D eigenvalue weighted by atomic mass is 16.2. The normalized spacial score (nSPS) is 14.8. The number of nitrogens with zero attached hydrogens (tertiary/aromatic N) is 2. The molecule has 0 aliphatic carbocycles. The lowest BCUT2D eigenvalue weighted by molar-refractivity contribution is -0.129. The zero-order chi connectivity index (χ0) is 22.2. The average molecular weight is 426 g/mol. The zero-order valence-corrected chi connectivity index (χ0v) is 18.0. The van der Waals surface area contributed by atoms with Crippen LogP contribution in [0.5, 0.6) is 0 Å². The number of amides is 2. The Bertz CT molecular complexity index is 1060. The van der Waals surface area contributed by atoms with Crippen molar-refractivity contribution >= 4 is 17.9 Å². The molecule has 1 saturated heterocycles.